The Morgan fingerprint density at radius 3 is 1.42 bits per heavy atom. The molecule has 0 saturated heterocycles. The number of phenolic OH excluding ortho intramolecular Hbond substituents is 1. The normalized spacial score (nSPS) is 10.0. The summed E-state index contributed by atoms with van der Waals surface area (Å²) in [6.07, 6.45) is 0. The predicted octanol–water partition coefficient (Wildman–Crippen LogP) is 2.69. The molecule has 0 saturated carbocycles. The highest BCUT2D eigenvalue weighted by molar-refractivity contribution is 6.50. The smallest absolute Gasteiger partial charge is 0.508 e. The zero-order valence-corrected chi connectivity index (χ0v) is 5.92. The van der Waals surface area contributed by atoms with Crippen LogP contribution in [0.2, 0.25) is 0 Å². The fourth-order valence-electron chi connectivity index (χ4n) is 0.428. The van der Waals surface area contributed by atoms with Crippen LogP contribution in [0.3, 0.4) is 0 Å². The first-order valence-electron chi connectivity index (χ1n) is 3.01. The number of rotatable bonds is 0. The van der Waals surface area contributed by atoms with Crippen LogP contribution in [0.5, 0.6) is 5.75 Å². The fraction of sp³-hybridized carbons (Fsp3) is 0. The zero-order valence-electron chi connectivity index (χ0n) is 5.92. The van der Waals surface area contributed by atoms with Gasteiger partial charge in [-0.2, -0.15) is 0 Å². The number of aromatic hydroxyl groups is 1. The molecule has 0 aliphatic heterocycles. The van der Waals surface area contributed by atoms with E-state index in [9.17, 15) is 17.3 Å². The minimum Gasteiger partial charge on any atom is -0.508 e. The van der Waals surface area contributed by atoms with Crippen molar-refractivity contribution in [3.8, 4) is 5.75 Å². The van der Waals surface area contributed by atoms with E-state index in [4.69, 9.17) is 5.11 Å². The second-order valence-electron chi connectivity index (χ2n) is 1.83. The summed E-state index contributed by atoms with van der Waals surface area (Å²) < 4.78 is 39.0. The first kappa shape index (κ1) is 10.8. The van der Waals surface area contributed by atoms with Gasteiger partial charge in [0.25, 0.3) is 0 Å². The van der Waals surface area contributed by atoms with Crippen molar-refractivity contribution in [1.82, 2.24) is 0 Å². The van der Waals surface area contributed by atoms with Crippen LogP contribution in [0.25, 0.3) is 0 Å². The molecule has 0 amide bonds. The summed E-state index contributed by atoms with van der Waals surface area (Å²) in [6, 6.07) is 8.71. The molecule has 6 heteroatoms. The molecule has 1 N–H and O–H groups in total. The van der Waals surface area contributed by atoms with E-state index in [1.54, 1.807) is 24.3 Å². The van der Waals surface area contributed by atoms with Crippen LogP contribution in [0, 0.1) is 0 Å². The standard InChI is InChI=1S/C6H6O.BF4/c7-6-4-2-1-3-5-6;2-1(3,4)5/h1-5,7H;/q;-1. The van der Waals surface area contributed by atoms with Crippen LogP contribution in [0.4, 0.5) is 17.3 Å². The first-order valence-corrected chi connectivity index (χ1v) is 3.01. The Balaban J connectivity index is 0.000000217. The van der Waals surface area contributed by atoms with Crippen molar-refractivity contribution in [2.75, 3.05) is 0 Å². The Morgan fingerprint density at radius 1 is 0.917 bits per heavy atom. The van der Waals surface area contributed by atoms with Crippen molar-refractivity contribution in [2.24, 2.45) is 0 Å². The lowest BCUT2D eigenvalue weighted by molar-refractivity contribution is 0.368. The predicted molar refractivity (Wildman–Crippen MR) is 38.3 cm³/mol. The van der Waals surface area contributed by atoms with Gasteiger partial charge in [-0.3, -0.25) is 0 Å². The maximum Gasteiger partial charge on any atom is 0.673 e. The molecule has 0 bridgehead atoms. The molecule has 0 heterocycles. The van der Waals surface area contributed by atoms with Crippen molar-refractivity contribution >= 4 is 7.25 Å². The molecule has 0 unspecified atom stereocenters. The van der Waals surface area contributed by atoms with E-state index < -0.39 is 7.25 Å². The topological polar surface area (TPSA) is 20.2 Å². The molecule has 12 heavy (non-hydrogen) atoms. The average Bonchev–Trinajstić information content (AvgIpc) is 1.85. The van der Waals surface area contributed by atoms with Gasteiger partial charge >= 0.3 is 7.25 Å². The minimum atomic E-state index is -6.00. The van der Waals surface area contributed by atoms with Crippen molar-refractivity contribution < 1.29 is 22.4 Å². The number of para-hydroxylation sites is 1. The molecule has 68 valence electrons. The van der Waals surface area contributed by atoms with Gasteiger partial charge in [0, 0.05) is 0 Å². The van der Waals surface area contributed by atoms with Gasteiger partial charge < -0.3 is 22.4 Å². The van der Waals surface area contributed by atoms with E-state index in [-0.39, 0.29) is 0 Å². The molecular formula is C6H6BF4O-. The van der Waals surface area contributed by atoms with Gasteiger partial charge in [0.05, 0.1) is 0 Å². The summed E-state index contributed by atoms with van der Waals surface area (Å²) in [5.74, 6) is 0.322. The summed E-state index contributed by atoms with van der Waals surface area (Å²) in [4.78, 5) is 0. The summed E-state index contributed by atoms with van der Waals surface area (Å²) in [5, 5.41) is 8.63. The summed E-state index contributed by atoms with van der Waals surface area (Å²) in [5.41, 5.74) is 0. The quantitative estimate of drug-likeness (QED) is 0.481. The van der Waals surface area contributed by atoms with Gasteiger partial charge in [-0.25, -0.2) is 0 Å². The lowest BCUT2D eigenvalue weighted by Gasteiger charge is -1.94. The van der Waals surface area contributed by atoms with Crippen LogP contribution in [-0.4, -0.2) is 12.4 Å². The van der Waals surface area contributed by atoms with Gasteiger partial charge in [0.1, 0.15) is 5.75 Å². The molecule has 0 fully saturated rings. The number of benzene rings is 1. The largest absolute Gasteiger partial charge is 0.673 e. The van der Waals surface area contributed by atoms with Gasteiger partial charge in [0.15, 0.2) is 0 Å². The number of hydrogen-bond acceptors (Lipinski definition) is 1. The third-order valence-electron chi connectivity index (χ3n) is 0.756. The lowest BCUT2D eigenvalue weighted by Crippen LogP contribution is -2.02. The van der Waals surface area contributed by atoms with Crippen LogP contribution in [0.15, 0.2) is 30.3 Å². The fourth-order valence-corrected chi connectivity index (χ4v) is 0.428. The van der Waals surface area contributed by atoms with Crippen molar-refractivity contribution in [2.45, 2.75) is 0 Å². The van der Waals surface area contributed by atoms with Gasteiger partial charge in [-0.05, 0) is 12.1 Å². The monoisotopic (exact) mass is 181 g/mol. The molecule has 0 aromatic heterocycles. The SMILES string of the molecule is F[B-](F)(F)F.Oc1ccccc1. The van der Waals surface area contributed by atoms with Crippen LogP contribution in [-0.2, 0) is 0 Å². The van der Waals surface area contributed by atoms with Crippen LogP contribution in [0.1, 0.15) is 0 Å². The van der Waals surface area contributed by atoms with Gasteiger partial charge in [0.2, 0.25) is 0 Å². The lowest BCUT2D eigenvalue weighted by atomic mass is 10.3. The average molecular weight is 181 g/mol. The van der Waals surface area contributed by atoms with E-state index in [0.717, 1.165) is 0 Å². The third-order valence-corrected chi connectivity index (χ3v) is 0.756. The number of halogens is 4. The second-order valence-corrected chi connectivity index (χ2v) is 1.83. The molecule has 1 rings (SSSR count). The first-order chi connectivity index (χ1) is 5.39. The van der Waals surface area contributed by atoms with E-state index in [1.165, 1.54) is 0 Å². The Labute approximate surface area is 66.7 Å². The molecular weight excluding hydrogens is 175 g/mol. The molecule has 0 aliphatic rings. The van der Waals surface area contributed by atoms with E-state index in [1.807, 2.05) is 6.07 Å². The Kier molecular flexibility index (Phi) is 4.17. The highest BCUT2D eigenvalue weighted by Gasteiger charge is 2.20. The third kappa shape index (κ3) is 11.6. The van der Waals surface area contributed by atoms with Crippen LogP contribution >= 0.6 is 0 Å². The molecule has 1 aromatic rings. The molecule has 0 atom stereocenters. The highest BCUT2D eigenvalue weighted by Crippen LogP contribution is 2.06. The summed E-state index contributed by atoms with van der Waals surface area (Å²) in [7, 11) is -6.00. The maximum absolute atomic E-state index is 9.75. The summed E-state index contributed by atoms with van der Waals surface area (Å²) in [6.45, 7) is 0. The molecule has 0 spiro atoms. The molecule has 0 aliphatic carbocycles. The van der Waals surface area contributed by atoms with E-state index >= 15 is 0 Å². The van der Waals surface area contributed by atoms with Crippen molar-refractivity contribution in [3.63, 3.8) is 0 Å². The Hall–Kier alpha value is -1.20. The number of hydrogen-bond donors (Lipinski definition) is 1. The van der Waals surface area contributed by atoms with Gasteiger partial charge in [-0.15, -0.1) is 0 Å². The van der Waals surface area contributed by atoms with Gasteiger partial charge in [-0.1, -0.05) is 18.2 Å². The second kappa shape index (κ2) is 4.64. The van der Waals surface area contributed by atoms with Crippen molar-refractivity contribution in [3.05, 3.63) is 30.3 Å². The van der Waals surface area contributed by atoms with Crippen molar-refractivity contribution in [1.29, 1.82) is 0 Å². The Morgan fingerprint density at radius 2 is 1.25 bits per heavy atom. The van der Waals surface area contributed by atoms with E-state index in [2.05, 4.69) is 0 Å². The minimum absolute atomic E-state index is 0.322. The van der Waals surface area contributed by atoms with Crippen LogP contribution < -0.4 is 0 Å². The summed E-state index contributed by atoms with van der Waals surface area (Å²) >= 11 is 0. The molecule has 0 radical (unpaired) electrons. The Bertz CT molecular complexity index is 205. The maximum atomic E-state index is 9.75. The zero-order chi connectivity index (χ0) is 9.61. The number of phenols is 1. The van der Waals surface area contributed by atoms with E-state index in [0.29, 0.717) is 5.75 Å². The highest BCUT2D eigenvalue weighted by atomic mass is 19.5. The molecule has 1 aromatic carbocycles. The molecule has 1 nitrogen and oxygen atoms in total.